The van der Waals surface area contributed by atoms with Gasteiger partial charge in [-0.05, 0) is 24.6 Å². The minimum Gasteiger partial charge on any atom is -0.403 e. The van der Waals surface area contributed by atoms with Gasteiger partial charge in [-0.1, -0.05) is 30.3 Å². The molecule has 0 bridgehead atoms. The molecule has 0 fully saturated rings. The van der Waals surface area contributed by atoms with Gasteiger partial charge in [0.2, 0.25) is 5.90 Å². The Morgan fingerprint density at radius 1 is 1.19 bits per heavy atom. The van der Waals surface area contributed by atoms with Gasteiger partial charge in [-0.25, -0.2) is 14.8 Å². The van der Waals surface area contributed by atoms with Crippen molar-refractivity contribution in [1.29, 1.82) is 0 Å². The van der Waals surface area contributed by atoms with Crippen LogP contribution in [-0.4, -0.2) is 16.9 Å². The predicted molar refractivity (Wildman–Crippen MR) is 83.8 cm³/mol. The number of carbonyl (C=O) groups excluding carboxylic acids is 1. The van der Waals surface area contributed by atoms with Crippen LogP contribution in [0, 0.1) is 6.92 Å². The van der Waals surface area contributed by atoms with E-state index in [4.69, 9.17) is 4.74 Å². The molecule has 1 aromatic heterocycles. The van der Waals surface area contributed by atoms with Crippen LogP contribution in [0.5, 0.6) is 0 Å². The Morgan fingerprint density at radius 2 is 2.00 bits per heavy atom. The summed E-state index contributed by atoms with van der Waals surface area (Å²) in [5.74, 6) is -0.157. The van der Waals surface area contributed by atoms with Crippen molar-refractivity contribution >= 4 is 35.4 Å². The fraction of sp³-hybridized carbons (Fsp3) is 0.0625. The fourth-order valence-electron chi connectivity index (χ4n) is 1.82. The average molecular weight is 296 g/mol. The summed E-state index contributed by atoms with van der Waals surface area (Å²) in [6.07, 6.45) is 5.16. The summed E-state index contributed by atoms with van der Waals surface area (Å²) in [5, 5.41) is 2.82. The van der Waals surface area contributed by atoms with E-state index in [1.165, 1.54) is 11.3 Å². The van der Waals surface area contributed by atoms with Gasteiger partial charge in [-0.3, -0.25) is 0 Å². The lowest BCUT2D eigenvalue weighted by atomic mass is 10.2. The van der Waals surface area contributed by atoms with Gasteiger partial charge in [0.15, 0.2) is 5.70 Å². The van der Waals surface area contributed by atoms with Crippen LogP contribution in [0.15, 0.2) is 52.5 Å². The smallest absolute Gasteiger partial charge is 0.363 e. The van der Waals surface area contributed by atoms with E-state index in [1.807, 2.05) is 48.7 Å². The molecular formula is C16H12N2O2S. The first kappa shape index (κ1) is 13.5. The zero-order valence-corrected chi connectivity index (χ0v) is 12.1. The lowest BCUT2D eigenvalue weighted by Gasteiger charge is -1.92. The average Bonchev–Trinajstić information content (AvgIpc) is 3.05. The number of aryl methyl sites for hydroxylation is 1. The molecule has 0 N–H and O–H groups in total. The van der Waals surface area contributed by atoms with Crippen molar-refractivity contribution in [3.8, 4) is 0 Å². The normalized spacial score (nSPS) is 16.5. The Hall–Kier alpha value is -2.53. The lowest BCUT2D eigenvalue weighted by molar-refractivity contribution is -0.129. The third kappa shape index (κ3) is 3.32. The van der Waals surface area contributed by atoms with E-state index < -0.39 is 5.97 Å². The summed E-state index contributed by atoms with van der Waals surface area (Å²) in [7, 11) is 0. The first-order valence-corrected chi connectivity index (χ1v) is 7.26. The van der Waals surface area contributed by atoms with Crippen LogP contribution in [0.2, 0.25) is 0 Å². The summed E-state index contributed by atoms with van der Waals surface area (Å²) < 4.78 is 5.11. The Labute approximate surface area is 126 Å². The van der Waals surface area contributed by atoms with Crippen molar-refractivity contribution in [2.45, 2.75) is 6.92 Å². The quantitative estimate of drug-likeness (QED) is 0.644. The molecule has 0 saturated carbocycles. The Kier molecular flexibility index (Phi) is 3.75. The number of thiazole rings is 1. The second-order valence-corrected chi connectivity index (χ2v) is 5.47. The number of carbonyl (C=O) groups is 1. The molecule has 104 valence electrons. The van der Waals surface area contributed by atoms with Crippen molar-refractivity contribution < 1.29 is 9.53 Å². The van der Waals surface area contributed by atoms with Crippen molar-refractivity contribution in [1.82, 2.24) is 4.98 Å². The van der Waals surface area contributed by atoms with Crippen molar-refractivity contribution in [2.24, 2.45) is 4.99 Å². The number of cyclic esters (lactones) is 1. The fourth-order valence-corrected chi connectivity index (χ4v) is 2.39. The van der Waals surface area contributed by atoms with Crippen molar-refractivity contribution in [3.63, 3.8) is 0 Å². The van der Waals surface area contributed by atoms with Gasteiger partial charge in [0, 0.05) is 11.5 Å². The van der Waals surface area contributed by atoms with Crippen LogP contribution < -0.4 is 0 Å². The van der Waals surface area contributed by atoms with E-state index in [1.54, 1.807) is 12.2 Å². The molecule has 5 heteroatoms. The third-order valence-corrected chi connectivity index (χ3v) is 3.57. The maximum Gasteiger partial charge on any atom is 0.363 e. The van der Waals surface area contributed by atoms with Gasteiger partial charge in [-0.2, -0.15) is 0 Å². The SMILES string of the molecule is Cc1nc(/C=C2N=C(/C=C/c3ccccc3)OC\2=O)cs1. The van der Waals surface area contributed by atoms with Crippen molar-refractivity contribution in [3.05, 3.63) is 63.7 Å². The predicted octanol–water partition coefficient (Wildman–Crippen LogP) is 3.46. The van der Waals surface area contributed by atoms with Crippen LogP contribution in [0.1, 0.15) is 16.3 Å². The molecule has 0 atom stereocenters. The monoisotopic (exact) mass is 296 g/mol. The molecule has 2 heterocycles. The number of rotatable bonds is 3. The number of aliphatic imine (C=N–C) groups is 1. The molecule has 0 spiro atoms. The number of hydrogen-bond acceptors (Lipinski definition) is 5. The summed E-state index contributed by atoms with van der Waals surface area (Å²) in [6, 6.07) is 9.75. The van der Waals surface area contributed by atoms with Crippen LogP contribution >= 0.6 is 11.3 Å². The highest BCUT2D eigenvalue weighted by Crippen LogP contribution is 2.18. The van der Waals surface area contributed by atoms with E-state index in [-0.39, 0.29) is 5.70 Å². The Bertz CT molecular complexity index is 758. The first-order chi connectivity index (χ1) is 10.2. The Balaban J connectivity index is 1.79. The molecule has 0 amide bonds. The first-order valence-electron chi connectivity index (χ1n) is 6.38. The second-order valence-electron chi connectivity index (χ2n) is 4.40. The second kappa shape index (κ2) is 5.85. The maximum absolute atomic E-state index is 11.7. The van der Waals surface area contributed by atoms with Gasteiger partial charge < -0.3 is 4.74 Å². The summed E-state index contributed by atoms with van der Waals surface area (Å²) in [4.78, 5) is 20.2. The highest BCUT2D eigenvalue weighted by atomic mass is 32.1. The highest BCUT2D eigenvalue weighted by molar-refractivity contribution is 7.09. The number of hydrogen-bond donors (Lipinski definition) is 0. The molecule has 21 heavy (non-hydrogen) atoms. The lowest BCUT2D eigenvalue weighted by Crippen LogP contribution is -2.01. The summed E-state index contributed by atoms with van der Waals surface area (Å²) >= 11 is 1.53. The van der Waals surface area contributed by atoms with E-state index in [2.05, 4.69) is 9.98 Å². The Morgan fingerprint density at radius 3 is 2.71 bits per heavy atom. The molecule has 2 aromatic rings. The zero-order valence-electron chi connectivity index (χ0n) is 11.3. The van der Waals surface area contributed by atoms with Gasteiger partial charge in [-0.15, -0.1) is 11.3 Å². The van der Waals surface area contributed by atoms with Crippen LogP contribution in [0.25, 0.3) is 12.2 Å². The molecule has 4 nitrogen and oxygen atoms in total. The standard InChI is InChI=1S/C16H12N2O2S/c1-11-17-13(10-21-11)9-14-16(19)20-15(18-14)8-7-12-5-3-2-4-6-12/h2-10H,1H3/b8-7+,14-9-. The van der Waals surface area contributed by atoms with Gasteiger partial charge in [0.05, 0.1) is 10.7 Å². The number of nitrogens with zero attached hydrogens (tertiary/aromatic N) is 2. The highest BCUT2D eigenvalue weighted by Gasteiger charge is 2.21. The van der Waals surface area contributed by atoms with E-state index in [0.717, 1.165) is 16.3 Å². The minimum atomic E-state index is -0.451. The maximum atomic E-state index is 11.7. The largest absolute Gasteiger partial charge is 0.403 e. The molecule has 1 aliphatic heterocycles. The van der Waals surface area contributed by atoms with Crippen LogP contribution in [0.3, 0.4) is 0 Å². The molecular weight excluding hydrogens is 284 g/mol. The zero-order chi connectivity index (χ0) is 14.7. The molecule has 1 aliphatic rings. The minimum absolute atomic E-state index is 0.271. The number of ether oxygens (including phenoxy) is 1. The topological polar surface area (TPSA) is 51.6 Å². The molecule has 0 unspecified atom stereocenters. The van der Waals surface area contributed by atoms with Crippen molar-refractivity contribution in [2.75, 3.05) is 0 Å². The summed E-state index contributed by atoms with van der Waals surface area (Å²) in [6.45, 7) is 1.91. The van der Waals surface area contributed by atoms with Gasteiger partial charge in [0.1, 0.15) is 0 Å². The van der Waals surface area contributed by atoms with Crippen LogP contribution in [-0.2, 0) is 9.53 Å². The molecule has 0 aliphatic carbocycles. The summed E-state index contributed by atoms with van der Waals surface area (Å²) in [5.41, 5.74) is 2.01. The third-order valence-electron chi connectivity index (χ3n) is 2.78. The van der Waals surface area contributed by atoms with E-state index in [0.29, 0.717) is 5.90 Å². The van der Waals surface area contributed by atoms with E-state index in [9.17, 15) is 4.79 Å². The number of esters is 1. The molecule has 0 saturated heterocycles. The molecule has 3 rings (SSSR count). The van der Waals surface area contributed by atoms with Crippen LogP contribution in [0.4, 0.5) is 0 Å². The van der Waals surface area contributed by atoms with Gasteiger partial charge >= 0.3 is 5.97 Å². The van der Waals surface area contributed by atoms with Gasteiger partial charge in [0.25, 0.3) is 0 Å². The number of benzene rings is 1. The van der Waals surface area contributed by atoms with E-state index >= 15 is 0 Å². The molecule has 0 radical (unpaired) electrons. The molecule has 1 aromatic carbocycles. The number of aromatic nitrogens is 1.